The van der Waals surface area contributed by atoms with Gasteiger partial charge in [-0.3, -0.25) is 4.79 Å². The third-order valence-corrected chi connectivity index (χ3v) is 3.01. The summed E-state index contributed by atoms with van der Waals surface area (Å²) in [7, 11) is 0. The van der Waals surface area contributed by atoms with Gasteiger partial charge in [-0.2, -0.15) is 0 Å². The maximum Gasteiger partial charge on any atom is 0.150 e. The normalized spacial score (nSPS) is 9.40. The fourth-order valence-electron chi connectivity index (χ4n) is 2.01. The Morgan fingerprint density at radius 1 is 0.650 bits per heavy atom. The molecular weight excluding hydrogens is 244 g/mol. The van der Waals surface area contributed by atoms with Crippen LogP contribution in [0.15, 0.2) is 79.4 Å². The summed E-state index contributed by atoms with van der Waals surface area (Å²) in [5.74, 6) is 0. The Morgan fingerprint density at radius 3 is 1.55 bits per heavy atom. The Labute approximate surface area is 119 Å². The third kappa shape index (κ3) is 3.21. The second kappa shape index (κ2) is 7.05. The molecule has 0 aliphatic carbocycles. The number of rotatable bonds is 2. The fourth-order valence-corrected chi connectivity index (χ4v) is 2.01. The van der Waals surface area contributed by atoms with Gasteiger partial charge in [-0.05, 0) is 16.3 Å². The second-order valence-electron chi connectivity index (χ2n) is 4.27. The lowest BCUT2D eigenvalue weighted by Gasteiger charge is -2.03. The van der Waals surface area contributed by atoms with E-state index in [1.165, 1.54) is 0 Å². The Bertz CT molecular complexity index is 626. The van der Waals surface area contributed by atoms with Crippen LogP contribution in [0.2, 0.25) is 0 Å². The molecule has 20 heavy (non-hydrogen) atoms. The van der Waals surface area contributed by atoms with Crippen LogP contribution in [-0.4, -0.2) is 6.29 Å². The summed E-state index contributed by atoms with van der Waals surface area (Å²) in [5.41, 5.74) is 1.79. The fraction of sp³-hybridized carbons (Fsp3) is 0. The lowest BCUT2D eigenvalue weighted by Crippen LogP contribution is -1.85. The summed E-state index contributed by atoms with van der Waals surface area (Å²) in [5, 5.41) is 2.06. The molecule has 0 aromatic heterocycles. The summed E-state index contributed by atoms with van der Waals surface area (Å²) in [6.07, 6.45) is 2.69. The van der Waals surface area contributed by atoms with Crippen molar-refractivity contribution in [1.29, 1.82) is 0 Å². The Morgan fingerprint density at radius 2 is 1.10 bits per heavy atom. The molecule has 0 amide bonds. The number of carbonyl (C=O) groups excluding carboxylic acids is 1. The van der Waals surface area contributed by atoms with E-state index in [4.69, 9.17) is 0 Å². The highest BCUT2D eigenvalue weighted by atomic mass is 16.1. The minimum Gasteiger partial charge on any atom is -0.298 e. The molecule has 0 spiro atoms. The Kier molecular flexibility index (Phi) is 4.85. The average molecular weight is 260 g/mol. The van der Waals surface area contributed by atoms with Gasteiger partial charge in [-0.25, -0.2) is 0 Å². The van der Waals surface area contributed by atoms with Crippen molar-refractivity contribution < 1.29 is 4.79 Å². The summed E-state index contributed by atoms with van der Waals surface area (Å²) >= 11 is 0. The van der Waals surface area contributed by atoms with Crippen molar-refractivity contribution in [3.63, 3.8) is 0 Å². The van der Waals surface area contributed by atoms with Crippen molar-refractivity contribution in [3.8, 4) is 0 Å². The van der Waals surface area contributed by atoms with Crippen LogP contribution in [0.3, 0.4) is 0 Å². The number of benzene rings is 3. The van der Waals surface area contributed by atoms with Gasteiger partial charge in [-0.1, -0.05) is 85.5 Å². The largest absolute Gasteiger partial charge is 0.298 e. The first-order valence-corrected chi connectivity index (χ1v) is 6.46. The maximum atomic E-state index is 10.8. The van der Waals surface area contributed by atoms with Gasteiger partial charge in [0.25, 0.3) is 0 Å². The standard InChI is InChI=1S/C13H10O.C6H6/c1-2-10-7-8-11(9-14)13-6-4-3-5-12(10)13;1-2-4-6-5-3-1/h2-9H,1H2;1-6H. The van der Waals surface area contributed by atoms with Gasteiger partial charge in [0, 0.05) is 5.56 Å². The minimum atomic E-state index is 0.728. The SMILES string of the molecule is C=Cc1ccc(C=O)c2ccccc12.c1ccccc1. The summed E-state index contributed by atoms with van der Waals surface area (Å²) in [6, 6.07) is 23.6. The maximum absolute atomic E-state index is 10.8. The average Bonchev–Trinajstić information content (AvgIpc) is 2.56. The van der Waals surface area contributed by atoms with E-state index in [0.717, 1.165) is 28.2 Å². The van der Waals surface area contributed by atoms with Crippen molar-refractivity contribution in [2.45, 2.75) is 0 Å². The van der Waals surface area contributed by atoms with E-state index in [-0.39, 0.29) is 0 Å². The Hall–Kier alpha value is -2.67. The lowest BCUT2D eigenvalue weighted by atomic mass is 10.0. The molecule has 0 saturated heterocycles. The van der Waals surface area contributed by atoms with E-state index in [1.54, 1.807) is 6.08 Å². The van der Waals surface area contributed by atoms with E-state index in [1.807, 2.05) is 72.8 Å². The zero-order chi connectivity index (χ0) is 14.2. The number of hydrogen-bond acceptors (Lipinski definition) is 1. The molecule has 0 aliphatic heterocycles. The third-order valence-electron chi connectivity index (χ3n) is 3.01. The molecule has 3 aromatic rings. The highest BCUT2D eigenvalue weighted by molar-refractivity contribution is 6.01. The highest BCUT2D eigenvalue weighted by Gasteiger charge is 2.01. The topological polar surface area (TPSA) is 17.1 Å². The van der Waals surface area contributed by atoms with Gasteiger partial charge in [-0.15, -0.1) is 0 Å². The lowest BCUT2D eigenvalue weighted by molar-refractivity contribution is 0.112. The predicted molar refractivity (Wildman–Crippen MR) is 85.9 cm³/mol. The first-order chi connectivity index (χ1) is 9.86. The molecule has 3 rings (SSSR count). The molecule has 3 aromatic carbocycles. The van der Waals surface area contributed by atoms with Gasteiger partial charge in [0.15, 0.2) is 6.29 Å². The Balaban J connectivity index is 0.000000205. The molecule has 1 nitrogen and oxygen atoms in total. The van der Waals surface area contributed by atoms with Gasteiger partial charge in [0.2, 0.25) is 0 Å². The molecule has 0 N–H and O–H groups in total. The van der Waals surface area contributed by atoms with Gasteiger partial charge in [0.05, 0.1) is 0 Å². The summed E-state index contributed by atoms with van der Waals surface area (Å²) in [6.45, 7) is 3.75. The quantitative estimate of drug-likeness (QED) is 0.594. The van der Waals surface area contributed by atoms with Crippen molar-refractivity contribution in [3.05, 3.63) is 90.5 Å². The number of hydrogen-bond donors (Lipinski definition) is 0. The van der Waals surface area contributed by atoms with E-state index < -0.39 is 0 Å². The monoisotopic (exact) mass is 260 g/mol. The molecule has 0 heterocycles. The van der Waals surface area contributed by atoms with E-state index in [0.29, 0.717) is 0 Å². The van der Waals surface area contributed by atoms with Crippen molar-refractivity contribution in [2.24, 2.45) is 0 Å². The molecular formula is C19H16O. The van der Waals surface area contributed by atoms with Gasteiger partial charge < -0.3 is 0 Å². The van der Waals surface area contributed by atoms with Crippen LogP contribution in [0.25, 0.3) is 16.8 Å². The van der Waals surface area contributed by atoms with E-state index in [2.05, 4.69) is 6.58 Å². The summed E-state index contributed by atoms with van der Waals surface area (Å²) < 4.78 is 0. The first kappa shape index (κ1) is 13.8. The van der Waals surface area contributed by atoms with Crippen LogP contribution >= 0.6 is 0 Å². The molecule has 0 saturated carbocycles. The van der Waals surface area contributed by atoms with Crippen LogP contribution in [0.5, 0.6) is 0 Å². The van der Waals surface area contributed by atoms with E-state index >= 15 is 0 Å². The van der Waals surface area contributed by atoms with Crippen molar-refractivity contribution >= 4 is 23.1 Å². The van der Waals surface area contributed by atoms with Crippen LogP contribution in [0, 0.1) is 0 Å². The van der Waals surface area contributed by atoms with Crippen molar-refractivity contribution in [2.75, 3.05) is 0 Å². The molecule has 98 valence electrons. The smallest absolute Gasteiger partial charge is 0.150 e. The summed E-state index contributed by atoms with van der Waals surface area (Å²) in [4.78, 5) is 10.8. The molecule has 0 fully saturated rings. The molecule has 0 bridgehead atoms. The zero-order valence-electron chi connectivity index (χ0n) is 11.2. The van der Waals surface area contributed by atoms with Crippen LogP contribution in [0.4, 0.5) is 0 Å². The molecule has 1 heteroatoms. The predicted octanol–water partition coefficient (Wildman–Crippen LogP) is 4.98. The zero-order valence-corrected chi connectivity index (χ0v) is 11.2. The van der Waals surface area contributed by atoms with E-state index in [9.17, 15) is 4.79 Å². The van der Waals surface area contributed by atoms with Crippen LogP contribution in [-0.2, 0) is 0 Å². The van der Waals surface area contributed by atoms with Crippen molar-refractivity contribution in [1.82, 2.24) is 0 Å². The molecule has 0 unspecified atom stereocenters. The molecule has 0 atom stereocenters. The first-order valence-electron chi connectivity index (χ1n) is 6.46. The second-order valence-corrected chi connectivity index (χ2v) is 4.27. The van der Waals surface area contributed by atoms with Crippen LogP contribution in [0.1, 0.15) is 15.9 Å². The molecule has 0 radical (unpaired) electrons. The number of carbonyl (C=O) groups is 1. The van der Waals surface area contributed by atoms with Gasteiger partial charge in [0.1, 0.15) is 0 Å². The number of fused-ring (bicyclic) bond motifs is 1. The number of aldehydes is 1. The minimum absolute atomic E-state index is 0.728. The van der Waals surface area contributed by atoms with Gasteiger partial charge >= 0.3 is 0 Å². The molecule has 0 aliphatic rings. The van der Waals surface area contributed by atoms with Crippen LogP contribution < -0.4 is 0 Å². The highest BCUT2D eigenvalue weighted by Crippen LogP contribution is 2.22.